The lowest BCUT2D eigenvalue weighted by Gasteiger charge is -2.12. The van der Waals surface area contributed by atoms with Crippen LogP contribution < -0.4 is 0 Å². The zero-order valence-corrected chi connectivity index (χ0v) is 19.7. The number of nitrogens with zero attached hydrogens (tertiary/aromatic N) is 4. The molecule has 35 heavy (non-hydrogen) atoms. The average Bonchev–Trinajstić information content (AvgIpc) is 3.19. The molecule has 0 fully saturated rings. The van der Waals surface area contributed by atoms with E-state index in [0.717, 1.165) is 22.4 Å². The van der Waals surface area contributed by atoms with Crippen molar-refractivity contribution in [1.29, 1.82) is 0 Å². The molecule has 6 aromatic rings. The molecule has 168 valence electrons. The SMILES string of the molecule is Cc1c(C)n(-c2cccc(-c3nc(-c4ccccc4)nc(-c4ccccc4)n3)c2)c2ccccc12. The maximum atomic E-state index is 4.89. The Morgan fingerprint density at radius 2 is 1.03 bits per heavy atom. The molecule has 0 atom stereocenters. The van der Waals surface area contributed by atoms with Gasteiger partial charge in [-0.1, -0.05) is 91.0 Å². The standard InChI is InChI=1S/C31H24N4/c1-21-22(2)35(28-19-10-9-18-27(21)28)26-17-11-16-25(20-26)31-33-29(23-12-5-3-6-13-23)32-30(34-31)24-14-7-4-8-15-24/h3-20H,1-2H3. The van der Waals surface area contributed by atoms with Gasteiger partial charge in [-0.2, -0.15) is 0 Å². The van der Waals surface area contributed by atoms with Gasteiger partial charge in [0.2, 0.25) is 0 Å². The summed E-state index contributed by atoms with van der Waals surface area (Å²) in [5.74, 6) is 1.99. The molecule has 0 amide bonds. The second-order valence-corrected chi connectivity index (χ2v) is 8.65. The van der Waals surface area contributed by atoms with E-state index in [0.29, 0.717) is 17.5 Å². The molecule has 0 aliphatic rings. The maximum Gasteiger partial charge on any atom is 0.164 e. The normalized spacial score (nSPS) is 11.1. The molecule has 4 nitrogen and oxygen atoms in total. The summed E-state index contributed by atoms with van der Waals surface area (Å²) in [5.41, 5.74) is 7.70. The predicted molar refractivity (Wildman–Crippen MR) is 142 cm³/mol. The minimum atomic E-state index is 0.658. The molecule has 0 N–H and O–H groups in total. The van der Waals surface area contributed by atoms with Crippen molar-refractivity contribution in [2.75, 3.05) is 0 Å². The van der Waals surface area contributed by atoms with Gasteiger partial charge in [0.05, 0.1) is 5.52 Å². The van der Waals surface area contributed by atoms with Crippen LogP contribution in [0.5, 0.6) is 0 Å². The van der Waals surface area contributed by atoms with Crippen LogP contribution in [0.3, 0.4) is 0 Å². The highest BCUT2D eigenvalue weighted by atomic mass is 15.0. The molecule has 0 bridgehead atoms. The van der Waals surface area contributed by atoms with Gasteiger partial charge in [-0.25, -0.2) is 15.0 Å². The molecular weight excluding hydrogens is 428 g/mol. The average molecular weight is 453 g/mol. The summed E-state index contributed by atoms with van der Waals surface area (Å²) in [4.78, 5) is 14.6. The zero-order valence-electron chi connectivity index (χ0n) is 19.7. The lowest BCUT2D eigenvalue weighted by atomic mass is 10.1. The first-order valence-electron chi connectivity index (χ1n) is 11.7. The summed E-state index contributed by atoms with van der Waals surface area (Å²) in [5, 5.41) is 1.27. The molecule has 0 unspecified atom stereocenters. The highest BCUT2D eigenvalue weighted by molar-refractivity contribution is 5.87. The molecule has 0 aliphatic heterocycles. The number of para-hydroxylation sites is 1. The van der Waals surface area contributed by atoms with Gasteiger partial charge in [0.25, 0.3) is 0 Å². The van der Waals surface area contributed by atoms with E-state index in [1.807, 2.05) is 60.7 Å². The van der Waals surface area contributed by atoms with Crippen molar-refractivity contribution in [1.82, 2.24) is 19.5 Å². The van der Waals surface area contributed by atoms with Gasteiger partial charge in [-0.05, 0) is 37.6 Å². The Hall–Kier alpha value is -4.57. The molecule has 4 aromatic carbocycles. The first kappa shape index (κ1) is 21.0. The molecule has 0 spiro atoms. The smallest absolute Gasteiger partial charge is 0.164 e. The molecular formula is C31H24N4. The van der Waals surface area contributed by atoms with Crippen molar-refractivity contribution >= 4 is 10.9 Å². The van der Waals surface area contributed by atoms with Crippen molar-refractivity contribution in [3.63, 3.8) is 0 Å². The number of benzene rings is 4. The summed E-state index contributed by atoms with van der Waals surface area (Å²) in [6.45, 7) is 4.36. The zero-order chi connectivity index (χ0) is 23.8. The van der Waals surface area contributed by atoms with Crippen LogP contribution in [0.15, 0.2) is 109 Å². The number of hydrogen-bond acceptors (Lipinski definition) is 3. The molecule has 0 aliphatic carbocycles. The molecule has 2 aromatic heterocycles. The second-order valence-electron chi connectivity index (χ2n) is 8.65. The minimum absolute atomic E-state index is 0.658. The lowest BCUT2D eigenvalue weighted by Crippen LogP contribution is -2.01. The molecule has 4 heteroatoms. The highest BCUT2D eigenvalue weighted by Gasteiger charge is 2.15. The topological polar surface area (TPSA) is 43.6 Å². The van der Waals surface area contributed by atoms with Crippen LogP contribution in [0.4, 0.5) is 0 Å². The summed E-state index contributed by atoms with van der Waals surface area (Å²) in [6, 6.07) is 37.1. The van der Waals surface area contributed by atoms with Crippen LogP contribution in [0, 0.1) is 13.8 Å². The van der Waals surface area contributed by atoms with Crippen LogP contribution in [-0.4, -0.2) is 19.5 Å². The van der Waals surface area contributed by atoms with Gasteiger partial charge in [0.15, 0.2) is 17.5 Å². The number of hydrogen-bond donors (Lipinski definition) is 0. The Morgan fingerprint density at radius 1 is 0.514 bits per heavy atom. The minimum Gasteiger partial charge on any atom is -0.314 e. The van der Waals surface area contributed by atoms with E-state index in [9.17, 15) is 0 Å². The largest absolute Gasteiger partial charge is 0.314 e. The van der Waals surface area contributed by atoms with E-state index in [1.54, 1.807) is 0 Å². The van der Waals surface area contributed by atoms with Crippen LogP contribution in [0.2, 0.25) is 0 Å². The predicted octanol–water partition coefficient (Wildman–Crippen LogP) is 7.43. The van der Waals surface area contributed by atoms with E-state index in [2.05, 4.69) is 66.9 Å². The van der Waals surface area contributed by atoms with Gasteiger partial charge in [-0.15, -0.1) is 0 Å². The molecule has 0 saturated heterocycles. The molecule has 0 radical (unpaired) electrons. The summed E-state index contributed by atoms with van der Waals surface area (Å²) >= 11 is 0. The van der Waals surface area contributed by atoms with Crippen LogP contribution >= 0.6 is 0 Å². The third kappa shape index (κ3) is 3.79. The number of aryl methyl sites for hydroxylation is 1. The van der Waals surface area contributed by atoms with Gasteiger partial charge >= 0.3 is 0 Å². The summed E-state index contributed by atoms with van der Waals surface area (Å²) < 4.78 is 2.31. The molecule has 6 rings (SSSR count). The van der Waals surface area contributed by atoms with E-state index in [4.69, 9.17) is 15.0 Å². The van der Waals surface area contributed by atoms with Gasteiger partial charge in [0, 0.05) is 33.5 Å². The van der Waals surface area contributed by atoms with Crippen molar-refractivity contribution in [3.05, 3.63) is 120 Å². The Bertz CT molecular complexity index is 1590. The lowest BCUT2D eigenvalue weighted by molar-refractivity contribution is 1.03. The van der Waals surface area contributed by atoms with Crippen molar-refractivity contribution in [3.8, 4) is 39.9 Å². The third-order valence-electron chi connectivity index (χ3n) is 6.49. The summed E-state index contributed by atoms with van der Waals surface area (Å²) in [6.07, 6.45) is 0. The Kier molecular flexibility index (Phi) is 5.19. The number of aromatic nitrogens is 4. The molecule has 0 saturated carbocycles. The van der Waals surface area contributed by atoms with Crippen LogP contribution in [0.1, 0.15) is 11.3 Å². The highest BCUT2D eigenvalue weighted by Crippen LogP contribution is 2.31. The van der Waals surface area contributed by atoms with E-state index >= 15 is 0 Å². The van der Waals surface area contributed by atoms with Crippen molar-refractivity contribution in [2.45, 2.75) is 13.8 Å². The van der Waals surface area contributed by atoms with Crippen molar-refractivity contribution < 1.29 is 0 Å². The fraction of sp³-hybridized carbons (Fsp3) is 0.0645. The van der Waals surface area contributed by atoms with E-state index in [1.165, 1.54) is 22.2 Å². The second kappa shape index (κ2) is 8.65. The summed E-state index contributed by atoms with van der Waals surface area (Å²) in [7, 11) is 0. The van der Waals surface area contributed by atoms with E-state index < -0.39 is 0 Å². The first-order chi connectivity index (χ1) is 17.2. The fourth-order valence-electron chi connectivity index (χ4n) is 4.58. The Labute approximate surface area is 204 Å². The van der Waals surface area contributed by atoms with Crippen LogP contribution in [0.25, 0.3) is 50.8 Å². The van der Waals surface area contributed by atoms with E-state index in [-0.39, 0.29) is 0 Å². The quantitative estimate of drug-likeness (QED) is 0.279. The third-order valence-corrected chi connectivity index (χ3v) is 6.49. The number of rotatable bonds is 4. The monoisotopic (exact) mass is 452 g/mol. The number of fused-ring (bicyclic) bond motifs is 1. The Morgan fingerprint density at radius 3 is 1.66 bits per heavy atom. The van der Waals surface area contributed by atoms with Gasteiger partial charge in [-0.3, -0.25) is 0 Å². The Balaban J connectivity index is 1.54. The van der Waals surface area contributed by atoms with Crippen molar-refractivity contribution in [2.24, 2.45) is 0 Å². The van der Waals surface area contributed by atoms with Gasteiger partial charge in [0.1, 0.15) is 0 Å². The van der Waals surface area contributed by atoms with Gasteiger partial charge < -0.3 is 4.57 Å². The first-order valence-corrected chi connectivity index (χ1v) is 11.7. The van der Waals surface area contributed by atoms with Crippen LogP contribution in [-0.2, 0) is 0 Å². The fourth-order valence-corrected chi connectivity index (χ4v) is 4.58. The maximum absolute atomic E-state index is 4.89. The molecule has 2 heterocycles.